The molecule has 0 bridgehead atoms. The quantitative estimate of drug-likeness (QED) is 0.647. The van der Waals surface area contributed by atoms with Crippen LogP contribution in [-0.2, 0) is 16.1 Å². The third kappa shape index (κ3) is 2.29. The van der Waals surface area contributed by atoms with Gasteiger partial charge in [0.05, 0.1) is 13.3 Å². The minimum absolute atomic E-state index is 0.00468. The molecular formula is C7H9N3O3. The van der Waals surface area contributed by atoms with Crippen LogP contribution in [0.15, 0.2) is 6.20 Å². The summed E-state index contributed by atoms with van der Waals surface area (Å²) in [5.74, 6) is 0.557. The molecule has 0 aliphatic rings. The lowest BCUT2D eigenvalue weighted by atomic mass is 10.4. The van der Waals surface area contributed by atoms with E-state index >= 15 is 0 Å². The highest BCUT2D eigenvalue weighted by Crippen LogP contribution is 2.13. The van der Waals surface area contributed by atoms with Crippen molar-refractivity contribution in [3.8, 4) is 5.88 Å². The Bertz CT molecular complexity index is 303. The van der Waals surface area contributed by atoms with Crippen molar-refractivity contribution in [3.05, 3.63) is 11.9 Å². The second-order valence-corrected chi connectivity index (χ2v) is 2.16. The Morgan fingerprint density at radius 2 is 2.46 bits per heavy atom. The number of ether oxygens (including phenoxy) is 2. The Morgan fingerprint density at radius 3 is 3.08 bits per heavy atom. The number of carbonyl (C=O) groups excluding carboxylic acids is 1. The fraction of sp³-hybridized carbons (Fsp3) is 0.286. The van der Waals surface area contributed by atoms with Crippen molar-refractivity contribution >= 4 is 12.3 Å². The van der Waals surface area contributed by atoms with Crippen molar-refractivity contribution in [1.82, 2.24) is 9.97 Å². The van der Waals surface area contributed by atoms with Crippen LogP contribution in [-0.4, -0.2) is 23.5 Å². The first-order valence-electron chi connectivity index (χ1n) is 3.48. The second kappa shape index (κ2) is 4.24. The highest BCUT2D eigenvalue weighted by atomic mass is 16.5. The van der Waals surface area contributed by atoms with E-state index in [1.54, 1.807) is 0 Å². The Kier molecular flexibility index (Phi) is 3.02. The summed E-state index contributed by atoms with van der Waals surface area (Å²) >= 11 is 0. The van der Waals surface area contributed by atoms with Gasteiger partial charge in [-0.2, -0.15) is 0 Å². The molecule has 6 heteroatoms. The predicted molar refractivity (Wildman–Crippen MR) is 43.8 cm³/mol. The third-order valence-corrected chi connectivity index (χ3v) is 1.31. The fourth-order valence-corrected chi connectivity index (χ4v) is 0.809. The molecule has 0 aliphatic carbocycles. The molecule has 0 unspecified atom stereocenters. The number of nitrogen functional groups attached to an aromatic ring is 1. The summed E-state index contributed by atoms with van der Waals surface area (Å²) in [6.45, 7) is 0.328. The highest BCUT2D eigenvalue weighted by molar-refractivity contribution is 5.38. The zero-order valence-corrected chi connectivity index (χ0v) is 7.06. The van der Waals surface area contributed by atoms with Gasteiger partial charge in [-0.3, -0.25) is 4.79 Å². The summed E-state index contributed by atoms with van der Waals surface area (Å²) in [4.78, 5) is 17.7. The Labute approximate surface area is 74.7 Å². The average Bonchev–Trinajstić information content (AvgIpc) is 2.15. The number of nitrogens with zero attached hydrogens (tertiary/aromatic N) is 2. The van der Waals surface area contributed by atoms with Crippen LogP contribution in [0, 0.1) is 0 Å². The smallest absolute Gasteiger partial charge is 0.293 e. The molecule has 1 rings (SSSR count). The normalized spacial score (nSPS) is 9.31. The number of nitrogens with two attached hydrogens (primary N) is 1. The van der Waals surface area contributed by atoms with Gasteiger partial charge in [-0.25, -0.2) is 9.97 Å². The van der Waals surface area contributed by atoms with Crippen molar-refractivity contribution in [1.29, 1.82) is 0 Å². The Hall–Kier alpha value is -1.85. The van der Waals surface area contributed by atoms with E-state index in [9.17, 15) is 4.79 Å². The number of methoxy groups -OCH3 is 1. The number of anilines is 1. The number of rotatable bonds is 4. The van der Waals surface area contributed by atoms with Gasteiger partial charge in [-0.05, 0) is 0 Å². The summed E-state index contributed by atoms with van der Waals surface area (Å²) in [7, 11) is 1.45. The molecular weight excluding hydrogens is 174 g/mol. The summed E-state index contributed by atoms with van der Waals surface area (Å²) in [5, 5.41) is 0. The SMILES string of the molecule is COc1ncc(N)nc1COC=O. The van der Waals surface area contributed by atoms with Crippen LogP contribution in [0.2, 0.25) is 0 Å². The van der Waals surface area contributed by atoms with Gasteiger partial charge in [0, 0.05) is 0 Å². The molecule has 0 amide bonds. The van der Waals surface area contributed by atoms with Crippen LogP contribution in [0.1, 0.15) is 5.69 Å². The molecule has 1 aromatic rings. The maximum atomic E-state index is 9.92. The summed E-state index contributed by atoms with van der Waals surface area (Å²) in [5.41, 5.74) is 5.78. The van der Waals surface area contributed by atoms with Gasteiger partial charge in [0.2, 0.25) is 5.88 Å². The Morgan fingerprint density at radius 1 is 1.69 bits per heavy atom. The molecule has 0 saturated heterocycles. The van der Waals surface area contributed by atoms with Crippen LogP contribution in [0.3, 0.4) is 0 Å². The second-order valence-electron chi connectivity index (χ2n) is 2.16. The van der Waals surface area contributed by atoms with E-state index in [0.717, 1.165) is 0 Å². The molecule has 0 fully saturated rings. The van der Waals surface area contributed by atoms with Crippen LogP contribution in [0.25, 0.3) is 0 Å². The summed E-state index contributed by atoms with van der Waals surface area (Å²) in [6, 6.07) is 0. The van der Waals surface area contributed by atoms with Gasteiger partial charge in [0.25, 0.3) is 6.47 Å². The van der Waals surface area contributed by atoms with Gasteiger partial charge in [-0.15, -0.1) is 0 Å². The largest absolute Gasteiger partial charge is 0.480 e. The van der Waals surface area contributed by atoms with Gasteiger partial charge in [0.15, 0.2) is 0 Å². The maximum Gasteiger partial charge on any atom is 0.293 e. The standard InChI is InChI=1S/C7H9N3O3/c1-12-7-5(3-13-4-11)10-6(8)2-9-7/h2,4H,3H2,1H3,(H2,8,10). The molecule has 70 valence electrons. The molecule has 0 radical (unpaired) electrons. The molecule has 13 heavy (non-hydrogen) atoms. The summed E-state index contributed by atoms with van der Waals surface area (Å²) < 4.78 is 9.37. The number of carbonyl (C=O) groups is 1. The van der Waals surface area contributed by atoms with Crippen molar-refractivity contribution in [2.24, 2.45) is 0 Å². The molecule has 6 nitrogen and oxygen atoms in total. The lowest BCUT2D eigenvalue weighted by Crippen LogP contribution is -2.03. The molecule has 0 aromatic carbocycles. The molecule has 1 aromatic heterocycles. The lowest BCUT2D eigenvalue weighted by Gasteiger charge is -2.05. The van der Waals surface area contributed by atoms with Crippen LogP contribution < -0.4 is 10.5 Å². The molecule has 0 spiro atoms. The first-order chi connectivity index (χ1) is 6.27. The van der Waals surface area contributed by atoms with E-state index in [1.807, 2.05) is 0 Å². The first-order valence-corrected chi connectivity index (χ1v) is 3.48. The molecule has 0 atom stereocenters. The molecule has 0 aliphatic heterocycles. The lowest BCUT2D eigenvalue weighted by molar-refractivity contribution is -0.129. The topological polar surface area (TPSA) is 87.3 Å². The van der Waals surface area contributed by atoms with Gasteiger partial charge < -0.3 is 15.2 Å². The van der Waals surface area contributed by atoms with E-state index in [0.29, 0.717) is 18.0 Å². The van der Waals surface area contributed by atoms with Gasteiger partial charge in [0.1, 0.15) is 18.1 Å². The first kappa shape index (κ1) is 9.24. The van der Waals surface area contributed by atoms with Crippen molar-refractivity contribution < 1.29 is 14.3 Å². The van der Waals surface area contributed by atoms with E-state index < -0.39 is 0 Å². The van der Waals surface area contributed by atoms with Crippen LogP contribution in [0.4, 0.5) is 5.82 Å². The van der Waals surface area contributed by atoms with E-state index in [-0.39, 0.29) is 12.4 Å². The van der Waals surface area contributed by atoms with Crippen molar-refractivity contribution in [3.63, 3.8) is 0 Å². The fourth-order valence-electron chi connectivity index (χ4n) is 0.809. The van der Waals surface area contributed by atoms with Crippen LogP contribution >= 0.6 is 0 Å². The number of aromatic nitrogens is 2. The minimum Gasteiger partial charge on any atom is -0.480 e. The van der Waals surface area contributed by atoms with Crippen molar-refractivity contribution in [2.75, 3.05) is 12.8 Å². The van der Waals surface area contributed by atoms with E-state index in [1.165, 1.54) is 13.3 Å². The van der Waals surface area contributed by atoms with Crippen LogP contribution in [0.5, 0.6) is 5.88 Å². The van der Waals surface area contributed by atoms with Gasteiger partial charge in [-0.1, -0.05) is 0 Å². The van der Waals surface area contributed by atoms with E-state index in [4.69, 9.17) is 10.5 Å². The third-order valence-electron chi connectivity index (χ3n) is 1.31. The van der Waals surface area contributed by atoms with Gasteiger partial charge >= 0.3 is 0 Å². The molecule has 1 heterocycles. The zero-order chi connectivity index (χ0) is 9.68. The van der Waals surface area contributed by atoms with Crippen molar-refractivity contribution in [2.45, 2.75) is 6.61 Å². The predicted octanol–water partition coefficient (Wildman–Crippen LogP) is -0.260. The number of hydrogen-bond donors (Lipinski definition) is 1. The van der Waals surface area contributed by atoms with E-state index in [2.05, 4.69) is 14.7 Å². The monoisotopic (exact) mass is 183 g/mol. The summed E-state index contributed by atoms with van der Waals surface area (Å²) in [6.07, 6.45) is 1.36. The number of hydrogen-bond acceptors (Lipinski definition) is 6. The zero-order valence-electron chi connectivity index (χ0n) is 7.06. The molecule has 0 saturated carbocycles. The molecule has 2 N–H and O–H groups in total. The Balaban J connectivity index is 2.87. The maximum absolute atomic E-state index is 9.92. The highest BCUT2D eigenvalue weighted by Gasteiger charge is 2.06. The average molecular weight is 183 g/mol. The minimum atomic E-state index is 0.00468.